The average Bonchev–Trinajstić information content (AvgIpc) is 3.02. The standard InChI is InChI=1S/C14H25N5OS/c1-11(6-9-21-3)18(2)14(20)13-10-19(17-16-13)12-4-7-15-8-5-12/h10-12,15H,4-9H2,1-3H3. The maximum Gasteiger partial charge on any atom is 0.276 e. The van der Waals surface area contributed by atoms with Gasteiger partial charge in [-0.3, -0.25) is 4.79 Å². The lowest BCUT2D eigenvalue weighted by Crippen LogP contribution is -2.35. The Morgan fingerprint density at radius 1 is 1.57 bits per heavy atom. The van der Waals surface area contributed by atoms with E-state index in [2.05, 4.69) is 28.8 Å². The van der Waals surface area contributed by atoms with E-state index in [0.717, 1.165) is 38.1 Å². The number of piperidine rings is 1. The first-order valence-corrected chi connectivity index (χ1v) is 8.91. The molecule has 0 bridgehead atoms. The van der Waals surface area contributed by atoms with E-state index >= 15 is 0 Å². The highest BCUT2D eigenvalue weighted by atomic mass is 32.2. The lowest BCUT2D eigenvalue weighted by molar-refractivity contribution is 0.0735. The van der Waals surface area contributed by atoms with Crippen LogP contribution < -0.4 is 5.32 Å². The van der Waals surface area contributed by atoms with Gasteiger partial charge < -0.3 is 10.2 Å². The fourth-order valence-electron chi connectivity index (χ4n) is 2.49. The van der Waals surface area contributed by atoms with Gasteiger partial charge in [-0.2, -0.15) is 11.8 Å². The molecular weight excluding hydrogens is 286 g/mol. The Hall–Kier alpha value is -1.08. The van der Waals surface area contributed by atoms with Gasteiger partial charge >= 0.3 is 0 Å². The number of carbonyl (C=O) groups excluding carboxylic acids is 1. The quantitative estimate of drug-likeness (QED) is 0.861. The van der Waals surface area contributed by atoms with Crippen molar-refractivity contribution >= 4 is 17.7 Å². The molecule has 1 aliphatic rings. The zero-order valence-electron chi connectivity index (χ0n) is 13.1. The molecule has 21 heavy (non-hydrogen) atoms. The van der Waals surface area contributed by atoms with Gasteiger partial charge in [-0.1, -0.05) is 5.21 Å². The normalized spacial score (nSPS) is 17.7. The highest BCUT2D eigenvalue weighted by Gasteiger charge is 2.22. The van der Waals surface area contributed by atoms with Crippen LogP contribution in [0.25, 0.3) is 0 Å². The smallest absolute Gasteiger partial charge is 0.276 e. The summed E-state index contributed by atoms with van der Waals surface area (Å²) in [6.07, 6.45) is 6.95. The monoisotopic (exact) mass is 311 g/mol. The second-order valence-electron chi connectivity index (χ2n) is 5.61. The molecule has 1 fully saturated rings. The van der Waals surface area contributed by atoms with Crippen LogP contribution in [0.1, 0.15) is 42.7 Å². The molecule has 6 nitrogen and oxygen atoms in total. The van der Waals surface area contributed by atoms with Gasteiger partial charge in [0.2, 0.25) is 0 Å². The Morgan fingerprint density at radius 2 is 2.29 bits per heavy atom. The largest absolute Gasteiger partial charge is 0.338 e. The number of hydrogen-bond acceptors (Lipinski definition) is 5. The molecule has 1 aromatic rings. The van der Waals surface area contributed by atoms with Gasteiger partial charge in [0.05, 0.1) is 12.2 Å². The Bertz CT molecular complexity index is 458. The van der Waals surface area contributed by atoms with Crippen molar-refractivity contribution < 1.29 is 4.79 Å². The highest BCUT2D eigenvalue weighted by molar-refractivity contribution is 7.98. The predicted molar refractivity (Wildman–Crippen MR) is 85.7 cm³/mol. The molecule has 1 atom stereocenters. The summed E-state index contributed by atoms with van der Waals surface area (Å²) in [6.45, 7) is 4.07. The minimum Gasteiger partial charge on any atom is -0.338 e. The molecule has 0 spiro atoms. The molecule has 1 aliphatic heterocycles. The summed E-state index contributed by atoms with van der Waals surface area (Å²) in [5.41, 5.74) is 0.451. The highest BCUT2D eigenvalue weighted by Crippen LogP contribution is 2.18. The molecule has 0 saturated carbocycles. The van der Waals surface area contributed by atoms with Crippen LogP contribution in [0.3, 0.4) is 0 Å². The molecule has 118 valence electrons. The van der Waals surface area contributed by atoms with Crippen LogP contribution in [-0.2, 0) is 0 Å². The Kier molecular flexibility index (Phi) is 6.05. The molecule has 1 amide bonds. The molecule has 2 heterocycles. The van der Waals surface area contributed by atoms with Crippen molar-refractivity contribution in [2.75, 3.05) is 32.1 Å². The molecule has 0 radical (unpaired) electrons. The minimum absolute atomic E-state index is 0.0382. The SMILES string of the molecule is CSCCC(C)N(C)C(=O)c1cn(C2CCNCC2)nn1. The number of aromatic nitrogens is 3. The molecule has 2 rings (SSSR count). The van der Waals surface area contributed by atoms with Crippen LogP contribution in [0, 0.1) is 0 Å². The number of hydrogen-bond donors (Lipinski definition) is 1. The first-order valence-electron chi connectivity index (χ1n) is 7.52. The zero-order chi connectivity index (χ0) is 15.2. The second-order valence-corrected chi connectivity index (χ2v) is 6.60. The van der Waals surface area contributed by atoms with Gasteiger partial charge in [0.15, 0.2) is 5.69 Å². The summed E-state index contributed by atoms with van der Waals surface area (Å²) in [7, 11) is 1.84. The maximum absolute atomic E-state index is 12.4. The third-order valence-electron chi connectivity index (χ3n) is 4.13. The van der Waals surface area contributed by atoms with Crippen LogP contribution in [0.4, 0.5) is 0 Å². The maximum atomic E-state index is 12.4. The van der Waals surface area contributed by atoms with E-state index in [4.69, 9.17) is 0 Å². The minimum atomic E-state index is -0.0382. The summed E-state index contributed by atoms with van der Waals surface area (Å²) in [4.78, 5) is 14.2. The van der Waals surface area contributed by atoms with Gasteiger partial charge in [-0.15, -0.1) is 5.10 Å². The number of carbonyl (C=O) groups is 1. The molecule has 7 heteroatoms. The van der Waals surface area contributed by atoms with E-state index in [-0.39, 0.29) is 11.9 Å². The van der Waals surface area contributed by atoms with Crippen molar-refractivity contribution in [1.82, 2.24) is 25.2 Å². The van der Waals surface area contributed by atoms with Gasteiger partial charge in [0.25, 0.3) is 5.91 Å². The Morgan fingerprint density at radius 3 is 2.95 bits per heavy atom. The summed E-state index contributed by atoms with van der Waals surface area (Å²) in [5, 5.41) is 11.6. The van der Waals surface area contributed by atoms with E-state index in [1.165, 1.54) is 0 Å². The number of rotatable bonds is 6. The van der Waals surface area contributed by atoms with E-state index in [1.807, 2.05) is 11.7 Å². The number of thioether (sulfide) groups is 1. The van der Waals surface area contributed by atoms with Crippen molar-refractivity contribution in [3.05, 3.63) is 11.9 Å². The van der Waals surface area contributed by atoms with Crippen molar-refractivity contribution in [2.24, 2.45) is 0 Å². The van der Waals surface area contributed by atoms with E-state index in [0.29, 0.717) is 11.7 Å². The first-order chi connectivity index (χ1) is 10.1. The fourth-order valence-corrected chi connectivity index (χ4v) is 3.06. The topological polar surface area (TPSA) is 63.1 Å². The molecule has 0 aromatic carbocycles. The van der Waals surface area contributed by atoms with E-state index in [1.54, 1.807) is 22.9 Å². The summed E-state index contributed by atoms with van der Waals surface area (Å²) in [6, 6.07) is 0.577. The summed E-state index contributed by atoms with van der Waals surface area (Å²) >= 11 is 1.80. The molecule has 1 saturated heterocycles. The van der Waals surface area contributed by atoms with Gasteiger partial charge in [-0.05, 0) is 51.3 Å². The third kappa shape index (κ3) is 4.20. The van der Waals surface area contributed by atoms with Crippen LogP contribution >= 0.6 is 11.8 Å². The molecule has 0 aliphatic carbocycles. The molecular formula is C14H25N5OS. The first kappa shape index (κ1) is 16.3. The lowest BCUT2D eigenvalue weighted by Gasteiger charge is -2.24. The van der Waals surface area contributed by atoms with E-state index in [9.17, 15) is 4.79 Å². The van der Waals surface area contributed by atoms with Crippen molar-refractivity contribution in [3.8, 4) is 0 Å². The van der Waals surface area contributed by atoms with Gasteiger partial charge in [0, 0.05) is 13.1 Å². The number of nitrogens with zero attached hydrogens (tertiary/aromatic N) is 4. The molecule has 1 aromatic heterocycles. The Balaban J connectivity index is 1.97. The van der Waals surface area contributed by atoms with Crippen LogP contribution in [0.5, 0.6) is 0 Å². The van der Waals surface area contributed by atoms with Crippen LogP contribution in [-0.4, -0.2) is 64.0 Å². The van der Waals surface area contributed by atoms with Crippen molar-refractivity contribution in [3.63, 3.8) is 0 Å². The molecule has 1 N–H and O–H groups in total. The van der Waals surface area contributed by atoms with E-state index < -0.39 is 0 Å². The fraction of sp³-hybridized carbons (Fsp3) is 0.786. The zero-order valence-corrected chi connectivity index (χ0v) is 13.9. The summed E-state index contributed by atoms with van der Waals surface area (Å²) in [5.74, 6) is 1.02. The number of amides is 1. The van der Waals surface area contributed by atoms with Crippen molar-refractivity contribution in [1.29, 1.82) is 0 Å². The molecule has 1 unspecified atom stereocenters. The third-order valence-corrected chi connectivity index (χ3v) is 4.78. The average molecular weight is 311 g/mol. The van der Waals surface area contributed by atoms with Gasteiger partial charge in [0.1, 0.15) is 0 Å². The van der Waals surface area contributed by atoms with Gasteiger partial charge in [-0.25, -0.2) is 4.68 Å². The van der Waals surface area contributed by atoms with Crippen LogP contribution in [0.2, 0.25) is 0 Å². The van der Waals surface area contributed by atoms with Crippen LogP contribution in [0.15, 0.2) is 6.20 Å². The van der Waals surface area contributed by atoms with Crippen molar-refractivity contribution in [2.45, 2.75) is 38.3 Å². The predicted octanol–water partition coefficient (Wildman–Crippen LogP) is 1.42. The second kappa shape index (κ2) is 7.79. The Labute approximate surface area is 130 Å². The number of nitrogens with one attached hydrogen (secondary N) is 1. The lowest BCUT2D eigenvalue weighted by atomic mass is 10.1. The summed E-state index contributed by atoms with van der Waals surface area (Å²) < 4.78 is 1.86.